The smallest absolute Gasteiger partial charge is 0.279 e. The van der Waals surface area contributed by atoms with Crippen molar-refractivity contribution in [2.75, 3.05) is 46.9 Å². The zero-order chi connectivity index (χ0) is 16.2. The van der Waals surface area contributed by atoms with E-state index in [1.165, 1.54) is 16.4 Å². The van der Waals surface area contributed by atoms with Gasteiger partial charge in [-0.1, -0.05) is 12.1 Å². The SMILES string of the molecule is CN(C)[C@H](CNS(=O)(=O)N1CCOCC1)c1cccc(F)c1. The van der Waals surface area contributed by atoms with Gasteiger partial charge in [0, 0.05) is 25.7 Å². The van der Waals surface area contributed by atoms with Gasteiger partial charge in [-0.25, -0.2) is 9.11 Å². The second-order valence-corrected chi connectivity index (χ2v) is 7.15. The number of nitrogens with zero attached hydrogens (tertiary/aromatic N) is 2. The molecule has 0 radical (unpaired) electrons. The Balaban J connectivity index is 2.05. The summed E-state index contributed by atoms with van der Waals surface area (Å²) in [6.07, 6.45) is 0. The van der Waals surface area contributed by atoms with E-state index in [0.717, 1.165) is 5.56 Å². The van der Waals surface area contributed by atoms with Gasteiger partial charge in [0.1, 0.15) is 5.82 Å². The molecule has 1 aliphatic rings. The van der Waals surface area contributed by atoms with Gasteiger partial charge in [-0.05, 0) is 31.8 Å². The van der Waals surface area contributed by atoms with Gasteiger partial charge in [-0.3, -0.25) is 0 Å². The van der Waals surface area contributed by atoms with Crippen LogP contribution in [0.25, 0.3) is 0 Å². The maximum atomic E-state index is 13.4. The van der Waals surface area contributed by atoms with Crippen LogP contribution >= 0.6 is 0 Å². The van der Waals surface area contributed by atoms with Crippen LogP contribution in [0.15, 0.2) is 24.3 Å². The van der Waals surface area contributed by atoms with Crippen LogP contribution < -0.4 is 4.72 Å². The number of likely N-dealkylation sites (N-methyl/N-ethyl adjacent to an activating group) is 1. The van der Waals surface area contributed by atoms with Crippen LogP contribution in [0.5, 0.6) is 0 Å². The molecule has 1 N–H and O–H groups in total. The standard InChI is InChI=1S/C14H22FN3O3S/c1-17(2)14(12-4-3-5-13(15)10-12)11-16-22(19,20)18-6-8-21-9-7-18/h3-5,10,14,16H,6-9,11H2,1-2H3/t14-/m1/s1. The number of hydrogen-bond donors (Lipinski definition) is 1. The predicted molar refractivity (Wildman–Crippen MR) is 82.1 cm³/mol. The van der Waals surface area contributed by atoms with Gasteiger partial charge in [0.2, 0.25) is 0 Å². The normalized spacial score (nSPS) is 18.5. The minimum Gasteiger partial charge on any atom is -0.379 e. The van der Waals surface area contributed by atoms with Crippen molar-refractivity contribution in [1.29, 1.82) is 0 Å². The lowest BCUT2D eigenvalue weighted by Gasteiger charge is -2.29. The molecule has 6 nitrogen and oxygen atoms in total. The van der Waals surface area contributed by atoms with Crippen LogP contribution in [0.1, 0.15) is 11.6 Å². The molecular weight excluding hydrogens is 309 g/mol. The first-order chi connectivity index (χ1) is 10.4. The second kappa shape index (κ2) is 7.47. The van der Waals surface area contributed by atoms with Crippen molar-refractivity contribution in [3.05, 3.63) is 35.6 Å². The highest BCUT2D eigenvalue weighted by atomic mass is 32.2. The molecule has 8 heteroatoms. The Kier molecular flexibility index (Phi) is 5.87. The minimum absolute atomic E-state index is 0.177. The molecule has 1 aromatic rings. The van der Waals surface area contributed by atoms with E-state index < -0.39 is 10.2 Å². The zero-order valence-corrected chi connectivity index (χ0v) is 13.6. The fourth-order valence-corrected chi connectivity index (χ4v) is 3.56. The maximum absolute atomic E-state index is 13.4. The third-order valence-corrected chi connectivity index (χ3v) is 5.20. The van der Waals surface area contributed by atoms with Gasteiger partial charge in [-0.15, -0.1) is 0 Å². The largest absolute Gasteiger partial charge is 0.379 e. The highest BCUT2D eigenvalue weighted by Gasteiger charge is 2.25. The van der Waals surface area contributed by atoms with Crippen LogP contribution in [-0.4, -0.2) is 64.6 Å². The summed E-state index contributed by atoms with van der Waals surface area (Å²) in [4.78, 5) is 1.86. The number of rotatable bonds is 6. The van der Waals surface area contributed by atoms with Crippen molar-refractivity contribution in [2.24, 2.45) is 0 Å². The molecule has 1 atom stereocenters. The molecule has 0 saturated carbocycles. The van der Waals surface area contributed by atoms with E-state index in [9.17, 15) is 12.8 Å². The van der Waals surface area contributed by atoms with Crippen molar-refractivity contribution in [3.8, 4) is 0 Å². The van der Waals surface area contributed by atoms with Gasteiger partial charge < -0.3 is 9.64 Å². The molecule has 22 heavy (non-hydrogen) atoms. The van der Waals surface area contributed by atoms with Crippen LogP contribution in [-0.2, 0) is 14.9 Å². The quantitative estimate of drug-likeness (QED) is 0.829. The topological polar surface area (TPSA) is 61.9 Å². The molecule has 124 valence electrons. The van der Waals surface area contributed by atoms with Crippen molar-refractivity contribution >= 4 is 10.2 Å². The summed E-state index contributed by atoms with van der Waals surface area (Å²) in [5.41, 5.74) is 0.731. The lowest BCUT2D eigenvalue weighted by molar-refractivity contribution is 0.0724. The Morgan fingerprint density at radius 3 is 2.64 bits per heavy atom. The van der Waals surface area contributed by atoms with Crippen LogP contribution in [0.3, 0.4) is 0 Å². The minimum atomic E-state index is -3.55. The van der Waals surface area contributed by atoms with E-state index in [0.29, 0.717) is 26.3 Å². The van der Waals surface area contributed by atoms with E-state index in [-0.39, 0.29) is 18.4 Å². The summed E-state index contributed by atoms with van der Waals surface area (Å²) in [6, 6.07) is 5.96. The predicted octanol–water partition coefficient (Wildman–Crippen LogP) is 0.595. The molecule has 1 aliphatic heterocycles. The third-order valence-electron chi connectivity index (χ3n) is 3.63. The monoisotopic (exact) mass is 331 g/mol. The number of hydrogen-bond acceptors (Lipinski definition) is 4. The maximum Gasteiger partial charge on any atom is 0.279 e. The molecule has 0 aromatic heterocycles. The molecule has 2 rings (SSSR count). The van der Waals surface area contributed by atoms with Crippen molar-refractivity contribution in [2.45, 2.75) is 6.04 Å². The molecular formula is C14H22FN3O3S. The number of ether oxygens (including phenoxy) is 1. The Morgan fingerprint density at radius 1 is 1.36 bits per heavy atom. The first-order valence-corrected chi connectivity index (χ1v) is 8.58. The third kappa shape index (κ3) is 4.47. The molecule has 0 spiro atoms. The highest BCUT2D eigenvalue weighted by Crippen LogP contribution is 2.19. The summed E-state index contributed by atoms with van der Waals surface area (Å²) in [5.74, 6) is -0.333. The first-order valence-electron chi connectivity index (χ1n) is 7.14. The first kappa shape index (κ1) is 17.3. The van der Waals surface area contributed by atoms with Crippen LogP contribution in [0, 0.1) is 5.82 Å². The van der Waals surface area contributed by atoms with E-state index in [1.54, 1.807) is 12.1 Å². The zero-order valence-electron chi connectivity index (χ0n) is 12.8. The molecule has 1 saturated heterocycles. The van der Waals surface area contributed by atoms with E-state index in [2.05, 4.69) is 4.72 Å². The van der Waals surface area contributed by atoms with E-state index >= 15 is 0 Å². The average Bonchev–Trinajstić information content (AvgIpc) is 2.48. The molecule has 1 heterocycles. The second-order valence-electron chi connectivity index (χ2n) is 5.40. The Morgan fingerprint density at radius 2 is 2.05 bits per heavy atom. The van der Waals surface area contributed by atoms with E-state index in [4.69, 9.17) is 4.74 Å². The molecule has 0 bridgehead atoms. The van der Waals surface area contributed by atoms with Crippen molar-refractivity contribution in [1.82, 2.24) is 13.9 Å². The van der Waals surface area contributed by atoms with Gasteiger partial charge in [0.15, 0.2) is 0 Å². The van der Waals surface area contributed by atoms with Crippen LogP contribution in [0.4, 0.5) is 4.39 Å². The van der Waals surface area contributed by atoms with Gasteiger partial charge in [-0.2, -0.15) is 12.7 Å². The fraction of sp³-hybridized carbons (Fsp3) is 0.571. The summed E-state index contributed by atoms with van der Waals surface area (Å²) < 4.78 is 47.1. The number of nitrogens with one attached hydrogen (secondary N) is 1. The fourth-order valence-electron chi connectivity index (χ4n) is 2.37. The Hall–Kier alpha value is -1.06. The summed E-state index contributed by atoms with van der Waals surface area (Å²) >= 11 is 0. The molecule has 0 amide bonds. The van der Waals surface area contributed by atoms with Gasteiger partial charge >= 0.3 is 0 Å². The Bertz CT molecular complexity index is 589. The summed E-state index contributed by atoms with van der Waals surface area (Å²) in [6.45, 7) is 1.68. The van der Waals surface area contributed by atoms with Crippen LogP contribution in [0.2, 0.25) is 0 Å². The molecule has 1 fully saturated rings. The van der Waals surface area contributed by atoms with Crippen molar-refractivity contribution < 1.29 is 17.5 Å². The van der Waals surface area contributed by atoms with E-state index in [1.807, 2.05) is 19.0 Å². The number of morpholine rings is 1. The van der Waals surface area contributed by atoms with Gasteiger partial charge in [0.05, 0.1) is 13.2 Å². The molecule has 0 aliphatic carbocycles. The number of halogens is 1. The Labute approximate surface area is 131 Å². The number of benzene rings is 1. The lowest BCUT2D eigenvalue weighted by atomic mass is 10.1. The average molecular weight is 331 g/mol. The summed E-state index contributed by atoms with van der Waals surface area (Å²) in [5, 5.41) is 0. The van der Waals surface area contributed by atoms with Crippen molar-refractivity contribution in [3.63, 3.8) is 0 Å². The lowest BCUT2D eigenvalue weighted by Crippen LogP contribution is -2.48. The van der Waals surface area contributed by atoms with Gasteiger partial charge in [0.25, 0.3) is 10.2 Å². The molecule has 1 aromatic carbocycles. The summed E-state index contributed by atoms with van der Waals surface area (Å²) in [7, 11) is 0.117. The highest BCUT2D eigenvalue weighted by molar-refractivity contribution is 7.87. The molecule has 0 unspecified atom stereocenters.